The lowest BCUT2D eigenvalue weighted by Crippen LogP contribution is -2.43. The first-order valence-corrected chi connectivity index (χ1v) is 9.59. The minimum atomic E-state index is -1.99. The van der Waals surface area contributed by atoms with Crippen LogP contribution in [0.2, 0.25) is 0 Å². The SMILES string of the molecule is CCCCCCC[SH](=O)(CC)N1CCCCC1. The Bertz CT molecular complexity index is 236. The molecule has 0 radical (unpaired) electrons. The quantitative estimate of drug-likeness (QED) is 0.524. The number of rotatable bonds is 8. The maximum atomic E-state index is 12.9. The Morgan fingerprint density at radius 2 is 1.59 bits per heavy atom. The number of piperidine rings is 1. The van der Waals surface area contributed by atoms with E-state index in [2.05, 4.69) is 18.2 Å². The molecule has 0 spiro atoms. The number of hydrogen-bond acceptors (Lipinski definition) is 1. The highest BCUT2D eigenvalue weighted by molar-refractivity contribution is 8.00. The van der Waals surface area contributed by atoms with Gasteiger partial charge in [-0.25, -0.2) is 4.31 Å². The second-order valence-electron chi connectivity index (χ2n) is 5.31. The summed E-state index contributed by atoms with van der Waals surface area (Å²) in [5, 5.41) is 0. The molecule has 1 aliphatic rings. The van der Waals surface area contributed by atoms with Crippen LogP contribution in [0.5, 0.6) is 0 Å². The summed E-state index contributed by atoms with van der Waals surface area (Å²) in [6, 6.07) is 0. The van der Waals surface area contributed by atoms with Gasteiger partial charge in [0.25, 0.3) is 0 Å². The van der Waals surface area contributed by atoms with Crippen molar-refractivity contribution in [1.29, 1.82) is 0 Å². The van der Waals surface area contributed by atoms with Crippen LogP contribution < -0.4 is 0 Å². The number of unbranched alkanes of at least 4 members (excludes halogenated alkanes) is 4. The zero-order chi connectivity index (χ0) is 12.6. The summed E-state index contributed by atoms with van der Waals surface area (Å²) in [6.07, 6.45) is 10.2. The maximum absolute atomic E-state index is 12.9. The van der Waals surface area contributed by atoms with Crippen molar-refractivity contribution in [3.8, 4) is 0 Å². The van der Waals surface area contributed by atoms with E-state index in [1.54, 1.807) is 0 Å². The van der Waals surface area contributed by atoms with Gasteiger partial charge in [0.1, 0.15) is 0 Å². The molecule has 1 aliphatic heterocycles. The van der Waals surface area contributed by atoms with Gasteiger partial charge in [-0.15, -0.1) is 0 Å². The Kier molecular flexibility index (Phi) is 7.36. The summed E-state index contributed by atoms with van der Waals surface area (Å²) in [5.41, 5.74) is 0. The lowest BCUT2D eigenvalue weighted by atomic mass is 10.2. The zero-order valence-electron chi connectivity index (χ0n) is 11.8. The molecule has 0 amide bonds. The molecule has 0 bridgehead atoms. The van der Waals surface area contributed by atoms with E-state index in [-0.39, 0.29) is 0 Å². The summed E-state index contributed by atoms with van der Waals surface area (Å²) >= 11 is 0. The molecule has 0 atom stereocenters. The second-order valence-corrected chi connectivity index (χ2v) is 8.65. The van der Waals surface area contributed by atoms with Gasteiger partial charge in [-0.3, -0.25) is 4.21 Å². The maximum Gasteiger partial charge on any atom is 0.0130 e. The average molecular weight is 261 g/mol. The average Bonchev–Trinajstić information content (AvgIpc) is 2.39. The molecule has 0 aromatic carbocycles. The molecule has 104 valence electrons. The van der Waals surface area contributed by atoms with Gasteiger partial charge in [0.15, 0.2) is 0 Å². The van der Waals surface area contributed by atoms with Gasteiger partial charge in [-0.2, -0.15) is 0 Å². The van der Waals surface area contributed by atoms with Crippen LogP contribution >= 0.6 is 0 Å². The summed E-state index contributed by atoms with van der Waals surface area (Å²) in [4.78, 5) is 0. The second kappa shape index (κ2) is 8.25. The van der Waals surface area contributed by atoms with Gasteiger partial charge in [0.05, 0.1) is 0 Å². The highest BCUT2D eigenvalue weighted by atomic mass is 32.3. The minimum Gasteiger partial charge on any atom is -0.271 e. The van der Waals surface area contributed by atoms with Crippen molar-refractivity contribution >= 4 is 10.1 Å². The van der Waals surface area contributed by atoms with Crippen LogP contribution in [0.4, 0.5) is 0 Å². The van der Waals surface area contributed by atoms with Gasteiger partial charge in [-0.05, 0) is 19.3 Å². The van der Waals surface area contributed by atoms with E-state index in [1.807, 2.05) is 0 Å². The van der Waals surface area contributed by atoms with Gasteiger partial charge < -0.3 is 0 Å². The molecule has 0 unspecified atom stereocenters. The van der Waals surface area contributed by atoms with E-state index in [0.717, 1.165) is 24.6 Å². The van der Waals surface area contributed by atoms with Crippen molar-refractivity contribution in [2.45, 2.75) is 65.2 Å². The zero-order valence-corrected chi connectivity index (χ0v) is 12.7. The fourth-order valence-electron chi connectivity index (χ4n) is 2.70. The fraction of sp³-hybridized carbons (Fsp3) is 1.00. The Morgan fingerprint density at radius 1 is 0.941 bits per heavy atom. The van der Waals surface area contributed by atoms with Crippen molar-refractivity contribution in [2.75, 3.05) is 24.6 Å². The standard InChI is InChI=1S/C14H31NOS/c1-3-5-6-7-11-14-17(16,4-2)15-12-9-8-10-13-15/h17H,3-14H2,1-2H3. The molecule has 0 N–H and O–H groups in total. The highest BCUT2D eigenvalue weighted by Gasteiger charge is 2.23. The predicted octanol–water partition coefficient (Wildman–Crippen LogP) is 3.39. The molecule has 0 saturated carbocycles. The normalized spacial score (nSPS) is 19.4. The molecule has 2 nitrogen and oxygen atoms in total. The van der Waals surface area contributed by atoms with Crippen LogP contribution in [0.1, 0.15) is 65.2 Å². The lowest BCUT2D eigenvalue weighted by Gasteiger charge is -2.38. The minimum absolute atomic E-state index is 0.876. The van der Waals surface area contributed by atoms with Crippen LogP contribution in [0.25, 0.3) is 0 Å². The summed E-state index contributed by atoms with van der Waals surface area (Å²) in [6.45, 7) is 6.52. The predicted molar refractivity (Wildman–Crippen MR) is 79.1 cm³/mol. The van der Waals surface area contributed by atoms with E-state index >= 15 is 0 Å². The van der Waals surface area contributed by atoms with Gasteiger partial charge in [0.2, 0.25) is 0 Å². The van der Waals surface area contributed by atoms with Crippen molar-refractivity contribution in [3.05, 3.63) is 0 Å². The summed E-state index contributed by atoms with van der Waals surface area (Å²) < 4.78 is 15.2. The molecule has 1 fully saturated rings. The molecule has 3 heteroatoms. The van der Waals surface area contributed by atoms with Crippen LogP contribution in [0.3, 0.4) is 0 Å². The topological polar surface area (TPSA) is 20.3 Å². The van der Waals surface area contributed by atoms with Gasteiger partial charge in [-0.1, -0.05) is 56.1 Å². The third kappa shape index (κ3) is 5.09. The van der Waals surface area contributed by atoms with E-state index in [1.165, 1.54) is 51.4 Å². The molecule has 1 rings (SSSR count). The molecule has 17 heavy (non-hydrogen) atoms. The molecular formula is C14H31NOS. The van der Waals surface area contributed by atoms with Crippen molar-refractivity contribution < 1.29 is 4.21 Å². The molecule has 1 heterocycles. The summed E-state index contributed by atoms with van der Waals surface area (Å²) in [7, 11) is -1.99. The monoisotopic (exact) mass is 261 g/mol. The molecule has 0 aromatic heterocycles. The summed E-state index contributed by atoms with van der Waals surface area (Å²) in [5.74, 6) is 1.84. The Hall–Kier alpha value is 0.110. The van der Waals surface area contributed by atoms with Gasteiger partial charge in [0, 0.05) is 24.6 Å². The van der Waals surface area contributed by atoms with Crippen LogP contribution in [-0.2, 0) is 10.1 Å². The van der Waals surface area contributed by atoms with Crippen molar-refractivity contribution in [1.82, 2.24) is 4.31 Å². The van der Waals surface area contributed by atoms with E-state index in [0.29, 0.717) is 0 Å². The largest absolute Gasteiger partial charge is 0.271 e. The third-order valence-corrected chi connectivity index (χ3v) is 7.39. The first-order chi connectivity index (χ1) is 8.23. The van der Waals surface area contributed by atoms with Crippen LogP contribution in [-0.4, -0.2) is 33.1 Å². The molecule has 0 aromatic rings. The number of thiol groups is 1. The van der Waals surface area contributed by atoms with Gasteiger partial charge >= 0.3 is 0 Å². The van der Waals surface area contributed by atoms with Crippen LogP contribution in [0.15, 0.2) is 0 Å². The smallest absolute Gasteiger partial charge is 0.0130 e. The lowest BCUT2D eigenvalue weighted by molar-refractivity contribution is 0.357. The van der Waals surface area contributed by atoms with Crippen molar-refractivity contribution in [2.24, 2.45) is 0 Å². The molecule has 1 saturated heterocycles. The third-order valence-electron chi connectivity index (χ3n) is 3.95. The number of hydrogen-bond donors (Lipinski definition) is 1. The number of nitrogens with zero attached hydrogens (tertiary/aromatic N) is 1. The Morgan fingerprint density at radius 3 is 2.18 bits per heavy atom. The Balaban J connectivity index is 2.31. The fourth-order valence-corrected chi connectivity index (χ4v) is 5.43. The first kappa shape index (κ1) is 15.2. The van der Waals surface area contributed by atoms with E-state index in [4.69, 9.17) is 0 Å². The Labute approximate surface area is 109 Å². The highest BCUT2D eigenvalue weighted by Crippen LogP contribution is 2.21. The molecule has 0 aliphatic carbocycles. The van der Waals surface area contributed by atoms with E-state index < -0.39 is 10.1 Å². The van der Waals surface area contributed by atoms with E-state index in [9.17, 15) is 4.21 Å². The first-order valence-electron chi connectivity index (χ1n) is 7.56. The van der Waals surface area contributed by atoms with Crippen LogP contribution in [0, 0.1) is 0 Å². The molecular weight excluding hydrogens is 230 g/mol. The van der Waals surface area contributed by atoms with Crippen molar-refractivity contribution in [3.63, 3.8) is 0 Å².